The van der Waals surface area contributed by atoms with Gasteiger partial charge in [0.25, 0.3) is 0 Å². The summed E-state index contributed by atoms with van der Waals surface area (Å²) in [6.07, 6.45) is 3.87. The molecule has 21 heavy (non-hydrogen) atoms. The van der Waals surface area contributed by atoms with Crippen molar-refractivity contribution in [3.8, 4) is 0 Å². The van der Waals surface area contributed by atoms with Gasteiger partial charge in [-0.3, -0.25) is 9.79 Å². The molecule has 0 saturated carbocycles. The van der Waals surface area contributed by atoms with Crippen LogP contribution in [0.3, 0.4) is 0 Å². The second kappa shape index (κ2) is 7.41. The molecule has 8 heteroatoms. The number of aliphatic imine (C=N–C) groups is 1. The predicted octanol–water partition coefficient (Wildman–Crippen LogP) is -0.951. The number of rotatable bonds is 4. The van der Waals surface area contributed by atoms with E-state index < -0.39 is 0 Å². The molecule has 1 aliphatic rings. The van der Waals surface area contributed by atoms with Crippen LogP contribution in [0, 0.1) is 0 Å². The minimum atomic E-state index is 0.125. The number of amides is 1. The Morgan fingerprint density at radius 2 is 2.00 bits per heavy atom. The molecule has 0 aliphatic carbocycles. The van der Waals surface area contributed by atoms with Gasteiger partial charge in [0, 0.05) is 58.6 Å². The first kappa shape index (κ1) is 15.0. The molecule has 8 nitrogen and oxygen atoms in total. The molecule has 2 rings (SSSR count). The molecule has 0 atom stereocenters. The molecule has 3 N–H and O–H groups in total. The van der Waals surface area contributed by atoms with E-state index in [1.165, 1.54) is 0 Å². The minimum absolute atomic E-state index is 0.125. The smallest absolute Gasteiger partial charge is 0.225 e. The van der Waals surface area contributed by atoms with Crippen molar-refractivity contribution in [2.45, 2.75) is 6.42 Å². The third-order valence-corrected chi connectivity index (χ3v) is 3.35. The maximum atomic E-state index is 12.1. The second-order valence-electron chi connectivity index (χ2n) is 4.70. The Balaban J connectivity index is 1.74. The van der Waals surface area contributed by atoms with E-state index in [1.807, 2.05) is 4.90 Å². The highest BCUT2D eigenvalue weighted by Gasteiger charge is 2.21. The summed E-state index contributed by atoms with van der Waals surface area (Å²) in [4.78, 5) is 28.2. The summed E-state index contributed by atoms with van der Waals surface area (Å²) in [6.45, 7) is 3.39. The second-order valence-corrected chi connectivity index (χ2v) is 4.70. The monoisotopic (exact) mass is 291 g/mol. The number of hydrogen-bond donors (Lipinski definition) is 2. The van der Waals surface area contributed by atoms with Crippen molar-refractivity contribution >= 4 is 17.8 Å². The fourth-order valence-corrected chi connectivity index (χ4v) is 2.15. The number of nitrogens with two attached hydrogens (primary N) is 1. The maximum Gasteiger partial charge on any atom is 0.225 e. The lowest BCUT2D eigenvalue weighted by Gasteiger charge is -2.34. The number of carbonyl (C=O) groups is 1. The standard InChI is InChI=1S/C13H21N7O/c1-15-12(14)16-6-3-11(21)19-7-9-20(10-8-19)13-17-4-2-5-18-13/h2,4-5H,3,6-10H2,1H3,(H3,14,15,16). The predicted molar refractivity (Wildman–Crippen MR) is 81.0 cm³/mol. The van der Waals surface area contributed by atoms with E-state index in [-0.39, 0.29) is 5.91 Å². The molecule has 0 bridgehead atoms. The average molecular weight is 291 g/mol. The number of nitrogens with zero attached hydrogens (tertiary/aromatic N) is 5. The lowest BCUT2D eigenvalue weighted by Crippen LogP contribution is -2.49. The van der Waals surface area contributed by atoms with Crippen molar-refractivity contribution in [2.24, 2.45) is 10.7 Å². The molecular weight excluding hydrogens is 270 g/mol. The lowest BCUT2D eigenvalue weighted by atomic mass is 10.3. The van der Waals surface area contributed by atoms with E-state index in [2.05, 4.69) is 25.2 Å². The molecule has 0 radical (unpaired) electrons. The summed E-state index contributed by atoms with van der Waals surface area (Å²) >= 11 is 0. The molecule has 1 aromatic heterocycles. The molecule has 1 aliphatic heterocycles. The zero-order valence-corrected chi connectivity index (χ0v) is 12.2. The van der Waals surface area contributed by atoms with Gasteiger partial charge in [-0.15, -0.1) is 0 Å². The van der Waals surface area contributed by atoms with E-state index in [4.69, 9.17) is 5.73 Å². The number of piperazine rings is 1. The van der Waals surface area contributed by atoms with Crippen LogP contribution in [0.4, 0.5) is 5.95 Å². The topological polar surface area (TPSA) is 99.7 Å². The first-order valence-corrected chi connectivity index (χ1v) is 6.96. The zero-order valence-electron chi connectivity index (χ0n) is 12.2. The summed E-state index contributed by atoms with van der Waals surface area (Å²) in [6, 6.07) is 1.79. The van der Waals surface area contributed by atoms with Gasteiger partial charge >= 0.3 is 0 Å². The molecule has 114 valence electrons. The number of aromatic nitrogens is 2. The fourth-order valence-electron chi connectivity index (χ4n) is 2.15. The van der Waals surface area contributed by atoms with Gasteiger partial charge in [0.05, 0.1) is 0 Å². The molecule has 2 heterocycles. The number of nitrogens with one attached hydrogen (secondary N) is 1. The number of guanidine groups is 1. The highest BCUT2D eigenvalue weighted by Crippen LogP contribution is 2.10. The Bertz CT molecular complexity index is 483. The van der Waals surface area contributed by atoms with E-state index in [1.54, 1.807) is 25.5 Å². The molecule has 0 spiro atoms. The molecular formula is C13H21N7O. The summed E-state index contributed by atoms with van der Waals surface area (Å²) in [5.74, 6) is 1.20. The van der Waals surface area contributed by atoms with Gasteiger partial charge in [-0.1, -0.05) is 0 Å². The Kier molecular flexibility index (Phi) is 5.30. The van der Waals surface area contributed by atoms with Crippen LogP contribution in [0.2, 0.25) is 0 Å². The number of hydrogen-bond acceptors (Lipinski definition) is 5. The van der Waals surface area contributed by atoms with Crippen LogP contribution in [0.15, 0.2) is 23.5 Å². The van der Waals surface area contributed by atoms with E-state index >= 15 is 0 Å². The third-order valence-electron chi connectivity index (χ3n) is 3.35. The third kappa shape index (κ3) is 4.30. The molecule has 0 unspecified atom stereocenters. The normalized spacial score (nSPS) is 16.0. The van der Waals surface area contributed by atoms with Gasteiger partial charge in [-0.2, -0.15) is 0 Å². The van der Waals surface area contributed by atoms with Crippen LogP contribution in [0.1, 0.15) is 6.42 Å². The van der Waals surface area contributed by atoms with Gasteiger partial charge in [0.1, 0.15) is 0 Å². The van der Waals surface area contributed by atoms with Crippen LogP contribution in [-0.2, 0) is 4.79 Å². The van der Waals surface area contributed by atoms with Crippen LogP contribution >= 0.6 is 0 Å². The molecule has 0 aromatic carbocycles. The summed E-state index contributed by atoms with van der Waals surface area (Å²) < 4.78 is 0. The van der Waals surface area contributed by atoms with Crippen LogP contribution in [0.5, 0.6) is 0 Å². The van der Waals surface area contributed by atoms with Gasteiger partial charge in [-0.25, -0.2) is 9.97 Å². The number of anilines is 1. The van der Waals surface area contributed by atoms with Crippen molar-refractivity contribution < 1.29 is 4.79 Å². The number of carbonyl (C=O) groups excluding carboxylic acids is 1. The van der Waals surface area contributed by atoms with Crippen LogP contribution in [-0.4, -0.2) is 66.5 Å². The molecule has 1 saturated heterocycles. The molecule has 1 amide bonds. The van der Waals surface area contributed by atoms with Crippen molar-refractivity contribution in [3.05, 3.63) is 18.5 Å². The maximum absolute atomic E-state index is 12.1. The first-order valence-electron chi connectivity index (χ1n) is 6.96. The summed E-state index contributed by atoms with van der Waals surface area (Å²) in [5, 5.41) is 2.89. The SMILES string of the molecule is CN=C(N)NCCC(=O)N1CCN(c2ncccn2)CC1. The Morgan fingerprint density at radius 3 is 2.62 bits per heavy atom. The zero-order chi connectivity index (χ0) is 15.1. The lowest BCUT2D eigenvalue weighted by molar-refractivity contribution is -0.131. The average Bonchev–Trinajstić information content (AvgIpc) is 2.55. The van der Waals surface area contributed by atoms with Crippen molar-refractivity contribution in [2.75, 3.05) is 44.7 Å². The molecule has 1 aromatic rings. The van der Waals surface area contributed by atoms with E-state index in [0.29, 0.717) is 32.0 Å². The van der Waals surface area contributed by atoms with Crippen molar-refractivity contribution in [3.63, 3.8) is 0 Å². The quantitative estimate of drug-likeness (QED) is 0.548. The van der Waals surface area contributed by atoms with Crippen LogP contribution < -0.4 is 16.0 Å². The van der Waals surface area contributed by atoms with Gasteiger partial charge in [0.2, 0.25) is 11.9 Å². The largest absolute Gasteiger partial charge is 0.370 e. The Morgan fingerprint density at radius 1 is 1.33 bits per heavy atom. The highest BCUT2D eigenvalue weighted by molar-refractivity contribution is 5.80. The van der Waals surface area contributed by atoms with Gasteiger partial charge in [-0.05, 0) is 6.07 Å². The molecule has 1 fully saturated rings. The van der Waals surface area contributed by atoms with Crippen molar-refractivity contribution in [1.82, 2.24) is 20.2 Å². The van der Waals surface area contributed by atoms with Crippen LogP contribution in [0.25, 0.3) is 0 Å². The first-order chi connectivity index (χ1) is 10.2. The Hall–Kier alpha value is -2.38. The van der Waals surface area contributed by atoms with E-state index in [0.717, 1.165) is 19.0 Å². The van der Waals surface area contributed by atoms with Gasteiger partial charge in [0.15, 0.2) is 5.96 Å². The summed E-state index contributed by atoms with van der Waals surface area (Å²) in [7, 11) is 1.61. The minimum Gasteiger partial charge on any atom is -0.370 e. The fraction of sp³-hybridized carbons (Fsp3) is 0.538. The van der Waals surface area contributed by atoms with Crippen molar-refractivity contribution in [1.29, 1.82) is 0 Å². The van der Waals surface area contributed by atoms with E-state index in [9.17, 15) is 4.79 Å². The highest BCUT2D eigenvalue weighted by atomic mass is 16.2. The Labute approximate surface area is 124 Å². The summed E-state index contributed by atoms with van der Waals surface area (Å²) in [5.41, 5.74) is 5.51. The van der Waals surface area contributed by atoms with Gasteiger partial charge < -0.3 is 20.9 Å².